The second-order valence-electron chi connectivity index (χ2n) is 5.07. The predicted molar refractivity (Wildman–Crippen MR) is 87.6 cm³/mol. The van der Waals surface area contributed by atoms with E-state index < -0.39 is 12.0 Å². The Bertz CT molecular complexity index is 649. The van der Waals surface area contributed by atoms with Gasteiger partial charge in [0.2, 0.25) is 0 Å². The van der Waals surface area contributed by atoms with Crippen LogP contribution >= 0.6 is 0 Å². The number of amides is 1. The van der Waals surface area contributed by atoms with Crippen LogP contribution in [0.15, 0.2) is 59.7 Å². The van der Waals surface area contributed by atoms with Crippen molar-refractivity contribution >= 4 is 11.6 Å². The van der Waals surface area contributed by atoms with Crippen molar-refractivity contribution in [1.82, 2.24) is 5.43 Å². The number of aliphatic hydroxyl groups is 1. The third-order valence-electron chi connectivity index (χ3n) is 3.38. The minimum absolute atomic E-state index is 0.538. The fourth-order valence-corrected chi connectivity index (χ4v) is 2.06. The molecule has 0 saturated carbocycles. The summed E-state index contributed by atoms with van der Waals surface area (Å²) in [6.45, 7) is 3.99. The molecule has 2 aromatic rings. The highest BCUT2D eigenvalue weighted by molar-refractivity contribution is 6.01. The SMILES string of the molecule is CC/C(=N\NC(=O)C(O)c1ccccc1)c1ccc(C)cc1. The quantitative estimate of drug-likeness (QED) is 0.658. The predicted octanol–water partition coefficient (Wildman–Crippen LogP) is 2.96. The topological polar surface area (TPSA) is 61.7 Å². The molecule has 114 valence electrons. The Morgan fingerprint density at radius 2 is 1.77 bits per heavy atom. The van der Waals surface area contributed by atoms with Gasteiger partial charge in [-0.25, -0.2) is 5.43 Å². The Kier molecular flexibility index (Phi) is 5.44. The van der Waals surface area contributed by atoms with Gasteiger partial charge in [-0.2, -0.15) is 5.10 Å². The molecule has 1 atom stereocenters. The van der Waals surface area contributed by atoms with Crippen molar-refractivity contribution in [3.05, 3.63) is 71.3 Å². The standard InChI is InChI=1S/C18H20N2O2/c1-3-16(14-11-9-13(2)10-12-14)19-20-18(22)17(21)15-7-5-4-6-8-15/h4-12,17,21H,3H2,1-2H3,(H,20,22)/b19-16+. The third-order valence-corrected chi connectivity index (χ3v) is 3.38. The third kappa shape index (κ3) is 4.02. The second kappa shape index (κ2) is 7.52. The second-order valence-corrected chi connectivity index (χ2v) is 5.07. The number of hydrogen-bond acceptors (Lipinski definition) is 3. The van der Waals surface area contributed by atoms with E-state index in [0.29, 0.717) is 12.0 Å². The highest BCUT2D eigenvalue weighted by atomic mass is 16.3. The van der Waals surface area contributed by atoms with E-state index in [1.165, 1.54) is 5.56 Å². The lowest BCUT2D eigenvalue weighted by Crippen LogP contribution is -2.26. The molecule has 0 spiro atoms. The van der Waals surface area contributed by atoms with Crippen molar-refractivity contribution in [3.63, 3.8) is 0 Å². The summed E-state index contributed by atoms with van der Waals surface area (Å²) in [5.74, 6) is -0.538. The summed E-state index contributed by atoms with van der Waals surface area (Å²) in [4.78, 5) is 12.0. The molecular weight excluding hydrogens is 276 g/mol. The van der Waals surface area contributed by atoms with Gasteiger partial charge < -0.3 is 5.11 Å². The summed E-state index contributed by atoms with van der Waals surface area (Å²) in [6.07, 6.45) is -0.536. The van der Waals surface area contributed by atoms with E-state index in [-0.39, 0.29) is 0 Å². The number of nitrogens with one attached hydrogen (secondary N) is 1. The Balaban J connectivity index is 2.08. The van der Waals surface area contributed by atoms with Crippen molar-refractivity contribution < 1.29 is 9.90 Å². The average molecular weight is 296 g/mol. The molecule has 4 nitrogen and oxygen atoms in total. The van der Waals surface area contributed by atoms with Gasteiger partial charge >= 0.3 is 0 Å². The molecule has 0 aromatic heterocycles. The largest absolute Gasteiger partial charge is 0.378 e. The summed E-state index contributed by atoms with van der Waals surface area (Å²) in [5, 5.41) is 14.1. The zero-order chi connectivity index (χ0) is 15.9. The van der Waals surface area contributed by atoms with E-state index in [2.05, 4.69) is 10.5 Å². The van der Waals surface area contributed by atoms with Crippen LogP contribution < -0.4 is 5.43 Å². The molecule has 0 fully saturated rings. The van der Waals surface area contributed by atoms with Gasteiger partial charge in [0.15, 0.2) is 6.10 Å². The van der Waals surface area contributed by atoms with Crippen LogP contribution in [0.25, 0.3) is 0 Å². The summed E-state index contributed by atoms with van der Waals surface area (Å²) >= 11 is 0. The lowest BCUT2D eigenvalue weighted by molar-refractivity contribution is -0.129. The minimum atomic E-state index is -1.22. The number of benzene rings is 2. The van der Waals surface area contributed by atoms with Crippen LogP contribution in [0.1, 0.15) is 36.1 Å². The van der Waals surface area contributed by atoms with Crippen LogP contribution in [0.3, 0.4) is 0 Å². The van der Waals surface area contributed by atoms with E-state index in [1.807, 2.05) is 44.2 Å². The zero-order valence-electron chi connectivity index (χ0n) is 12.8. The first-order valence-electron chi connectivity index (χ1n) is 7.28. The van der Waals surface area contributed by atoms with E-state index in [9.17, 15) is 9.90 Å². The van der Waals surface area contributed by atoms with Gasteiger partial charge in [-0.1, -0.05) is 67.1 Å². The molecule has 0 saturated heterocycles. The number of aliphatic hydroxyl groups excluding tert-OH is 1. The molecule has 0 aliphatic carbocycles. The Morgan fingerprint density at radius 3 is 2.36 bits per heavy atom. The Morgan fingerprint density at radius 1 is 1.14 bits per heavy atom. The number of carbonyl (C=O) groups is 1. The fraction of sp³-hybridized carbons (Fsp3) is 0.222. The van der Waals surface area contributed by atoms with Gasteiger partial charge in [0, 0.05) is 0 Å². The van der Waals surface area contributed by atoms with Crippen LogP contribution in [0.4, 0.5) is 0 Å². The van der Waals surface area contributed by atoms with Gasteiger partial charge in [-0.15, -0.1) is 0 Å². The molecule has 2 N–H and O–H groups in total. The smallest absolute Gasteiger partial charge is 0.273 e. The van der Waals surface area contributed by atoms with Crippen molar-refractivity contribution in [2.24, 2.45) is 5.10 Å². The van der Waals surface area contributed by atoms with Gasteiger partial charge in [0.1, 0.15) is 0 Å². The summed E-state index contributed by atoms with van der Waals surface area (Å²) < 4.78 is 0. The van der Waals surface area contributed by atoms with Gasteiger partial charge in [-0.05, 0) is 24.5 Å². The van der Waals surface area contributed by atoms with Gasteiger partial charge in [0.05, 0.1) is 5.71 Å². The van der Waals surface area contributed by atoms with E-state index in [0.717, 1.165) is 11.3 Å². The lowest BCUT2D eigenvalue weighted by Gasteiger charge is -2.10. The Hall–Kier alpha value is -2.46. The van der Waals surface area contributed by atoms with Gasteiger partial charge in [0.25, 0.3) is 5.91 Å². The number of carbonyl (C=O) groups excluding carboxylic acids is 1. The molecule has 1 unspecified atom stereocenters. The van der Waals surface area contributed by atoms with Crippen LogP contribution in [-0.2, 0) is 4.79 Å². The molecule has 4 heteroatoms. The molecule has 1 amide bonds. The number of hydrogen-bond donors (Lipinski definition) is 2. The van der Waals surface area contributed by atoms with Crippen LogP contribution in [0.5, 0.6) is 0 Å². The summed E-state index contributed by atoms with van der Waals surface area (Å²) in [5.41, 5.74) is 5.89. The molecule has 22 heavy (non-hydrogen) atoms. The molecule has 0 bridgehead atoms. The van der Waals surface area contributed by atoms with Crippen molar-refractivity contribution in [2.45, 2.75) is 26.4 Å². The number of nitrogens with zero attached hydrogens (tertiary/aromatic N) is 1. The number of rotatable bonds is 5. The first kappa shape index (κ1) is 15.9. The summed E-state index contributed by atoms with van der Waals surface area (Å²) in [7, 11) is 0. The number of hydrazone groups is 1. The molecular formula is C18H20N2O2. The highest BCUT2D eigenvalue weighted by Gasteiger charge is 2.16. The zero-order valence-corrected chi connectivity index (χ0v) is 12.8. The molecule has 0 aliphatic rings. The molecule has 0 heterocycles. The van der Waals surface area contributed by atoms with Crippen LogP contribution in [0, 0.1) is 6.92 Å². The Labute approximate surface area is 130 Å². The minimum Gasteiger partial charge on any atom is -0.378 e. The fourth-order valence-electron chi connectivity index (χ4n) is 2.06. The lowest BCUT2D eigenvalue weighted by atomic mass is 10.1. The van der Waals surface area contributed by atoms with Crippen molar-refractivity contribution in [2.75, 3.05) is 0 Å². The monoisotopic (exact) mass is 296 g/mol. The maximum Gasteiger partial charge on any atom is 0.273 e. The average Bonchev–Trinajstić information content (AvgIpc) is 2.56. The maximum absolute atomic E-state index is 12.0. The van der Waals surface area contributed by atoms with Crippen molar-refractivity contribution in [3.8, 4) is 0 Å². The van der Waals surface area contributed by atoms with Crippen LogP contribution in [0.2, 0.25) is 0 Å². The first-order valence-corrected chi connectivity index (χ1v) is 7.28. The highest BCUT2D eigenvalue weighted by Crippen LogP contribution is 2.12. The molecule has 0 radical (unpaired) electrons. The summed E-state index contributed by atoms with van der Waals surface area (Å²) in [6, 6.07) is 16.7. The molecule has 0 aliphatic heterocycles. The maximum atomic E-state index is 12.0. The molecule has 2 rings (SSSR count). The normalized spacial score (nSPS) is 12.8. The van der Waals surface area contributed by atoms with Crippen molar-refractivity contribution in [1.29, 1.82) is 0 Å². The number of aryl methyl sites for hydroxylation is 1. The van der Waals surface area contributed by atoms with E-state index in [4.69, 9.17) is 0 Å². The van der Waals surface area contributed by atoms with Gasteiger partial charge in [-0.3, -0.25) is 4.79 Å². The van der Waals surface area contributed by atoms with Crippen LogP contribution in [-0.4, -0.2) is 16.7 Å². The van der Waals surface area contributed by atoms with E-state index >= 15 is 0 Å². The molecule has 2 aromatic carbocycles. The van der Waals surface area contributed by atoms with E-state index in [1.54, 1.807) is 24.3 Å². The first-order chi connectivity index (χ1) is 10.6.